The molecule has 2 fully saturated rings. The second kappa shape index (κ2) is 5.92. The van der Waals surface area contributed by atoms with Crippen LogP contribution < -0.4 is 0 Å². The van der Waals surface area contributed by atoms with Crippen molar-refractivity contribution in [1.29, 1.82) is 0 Å². The van der Waals surface area contributed by atoms with Crippen LogP contribution in [-0.4, -0.2) is 55.1 Å². The van der Waals surface area contributed by atoms with Crippen molar-refractivity contribution in [3.63, 3.8) is 0 Å². The first-order valence-electron chi connectivity index (χ1n) is 7.70. The minimum absolute atomic E-state index is 0.345. The summed E-state index contributed by atoms with van der Waals surface area (Å²) < 4.78 is 22.9. The monoisotopic (exact) mass is 325 g/mol. The van der Waals surface area contributed by atoms with E-state index in [1.54, 1.807) is 12.1 Å². The molecular weight excluding hydrogens is 302 g/mol. The number of hydrogen-bond donors (Lipinski definition) is 2. The molecule has 1 aromatic rings. The molecule has 2 N–H and O–H groups in total. The molecule has 4 atom stereocenters. The first-order valence-corrected chi connectivity index (χ1v) is 9.59. The maximum Gasteiger partial charge on any atom is 0.175 e. The van der Waals surface area contributed by atoms with E-state index in [1.807, 2.05) is 12.1 Å². The molecule has 3 rings (SSSR count). The molecule has 1 aliphatic heterocycles. The van der Waals surface area contributed by atoms with E-state index in [2.05, 4.69) is 4.90 Å². The molecule has 2 aliphatic rings. The standard InChI is InChI=1S/C16H23NO4S/c1-22(20,21)14-4-2-11(3-5-14)8-17-9-12-6-15(18)16(19)7-13(12)10-17/h2-5,12-13,15-16,18-19H,6-10H2,1H3/t12-,13+,15+,16-. The molecule has 0 spiro atoms. The fourth-order valence-electron chi connectivity index (χ4n) is 3.73. The first kappa shape index (κ1) is 15.9. The number of nitrogens with zero attached hydrogens (tertiary/aromatic N) is 1. The highest BCUT2D eigenvalue weighted by Crippen LogP contribution is 2.37. The summed E-state index contributed by atoms with van der Waals surface area (Å²) in [6, 6.07) is 7.03. The summed E-state index contributed by atoms with van der Waals surface area (Å²) in [7, 11) is -3.15. The third-order valence-corrected chi connectivity index (χ3v) is 6.07. The number of likely N-dealkylation sites (tertiary alicyclic amines) is 1. The maximum absolute atomic E-state index is 11.5. The van der Waals surface area contributed by atoms with Crippen LogP contribution in [0.3, 0.4) is 0 Å². The van der Waals surface area contributed by atoms with Crippen molar-refractivity contribution in [2.75, 3.05) is 19.3 Å². The van der Waals surface area contributed by atoms with Gasteiger partial charge in [-0.2, -0.15) is 0 Å². The Morgan fingerprint density at radius 1 is 1.05 bits per heavy atom. The van der Waals surface area contributed by atoms with Gasteiger partial charge in [0.15, 0.2) is 9.84 Å². The summed E-state index contributed by atoms with van der Waals surface area (Å²) in [6.45, 7) is 2.65. The van der Waals surface area contributed by atoms with E-state index in [1.165, 1.54) is 6.26 Å². The third-order valence-electron chi connectivity index (χ3n) is 4.94. The smallest absolute Gasteiger partial charge is 0.175 e. The first-order chi connectivity index (χ1) is 10.3. The Kier molecular flexibility index (Phi) is 4.29. The Hall–Kier alpha value is -0.950. The van der Waals surface area contributed by atoms with E-state index in [4.69, 9.17) is 0 Å². The summed E-state index contributed by atoms with van der Waals surface area (Å²) >= 11 is 0. The number of aliphatic hydroxyl groups is 2. The number of rotatable bonds is 3. The summed E-state index contributed by atoms with van der Waals surface area (Å²) in [5.74, 6) is 0.905. The van der Waals surface area contributed by atoms with Crippen LogP contribution in [0.4, 0.5) is 0 Å². The second-order valence-electron chi connectivity index (χ2n) is 6.74. The Labute approximate surface area is 131 Å². The third kappa shape index (κ3) is 3.35. The second-order valence-corrected chi connectivity index (χ2v) is 8.75. The largest absolute Gasteiger partial charge is 0.390 e. The normalized spacial score (nSPS) is 32.9. The van der Waals surface area contributed by atoms with Crippen LogP contribution in [-0.2, 0) is 16.4 Å². The van der Waals surface area contributed by atoms with Gasteiger partial charge in [-0.05, 0) is 42.4 Å². The highest BCUT2D eigenvalue weighted by atomic mass is 32.2. The van der Waals surface area contributed by atoms with Crippen LogP contribution in [0.25, 0.3) is 0 Å². The molecule has 0 unspecified atom stereocenters. The Balaban J connectivity index is 1.63. The van der Waals surface area contributed by atoms with Gasteiger partial charge in [0.1, 0.15) is 0 Å². The van der Waals surface area contributed by atoms with Gasteiger partial charge in [-0.3, -0.25) is 4.90 Å². The van der Waals surface area contributed by atoms with Crippen LogP contribution in [0.2, 0.25) is 0 Å². The summed E-state index contributed by atoms with van der Waals surface area (Å²) in [4.78, 5) is 2.67. The van der Waals surface area contributed by atoms with Crippen LogP contribution in [0.15, 0.2) is 29.2 Å². The minimum Gasteiger partial charge on any atom is -0.390 e. The van der Waals surface area contributed by atoms with Gasteiger partial charge >= 0.3 is 0 Å². The van der Waals surface area contributed by atoms with Gasteiger partial charge in [-0.15, -0.1) is 0 Å². The molecule has 6 heteroatoms. The van der Waals surface area contributed by atoms with E-state index < -0.39 is 22.0 Å². The molecule has 22 heavy (non-hydrogen) atoms. The van der Waals surface area contributed by atoms with E-state index in [0.717, 1.165) is 25.2 Å². The van der Waals surface area contributed by atoms with Crippen molar-refractivity contribution in [1.82, 2.24) is 4.90 Å². The SMILES string of the molecule is CS(=O)(=O)c1ccc(CN2C[C@H]3C[C@H](O)[C@H](O)C[C@H]3C2)cc1. The predicted octanol–water partition coefficient (Wildman–Crippen LogP) is 0.654. The summed E-state index contributed by atoms with van der Waals surface area (Å²) in [5, 5.41) is 19.6. The van der Waals surface area contributed by atoms with E-state index in [-0.39, 0.29) is 0 Å². The highest BCUT2D eigenvalue weighted by Gasteiger charge is 2.40. The van der Waals surface area contributed by atoms with Crippen molar-refractivity contribution < 1.29 is 18.6 Å². The van der Waals surface area contributed by atoms with Crippen molar-refractivity contribution >= 4 is 9.84 Å². The zero-order valence-corrected chi connectivity index (χ0v) is 13.5. The quantitative estimate of drug-likeness (QED) is 0.853. The summed E-state index contributed by atoms with van der Waals surface area (Å²) in [6.07, 6.45) is 1.39. The van der Waals surface area contributed by atoms with E-state index in [9.17, 15) is 18.6 Å². The lowest BCUT2D eigenvalue weighted by atomic mass is 9.79. The number of aliphatic hydroxyl groups excluding tert-OH is 2. The fourth-order valence-corrected chi connectivity index (χ4v) is 4.36. The Morgan fingerprint density at radius 3 is 2.00 bits per heavy atom. The Bertz CT molecular complexity index is 610. The Morgan fingerprint density at radius 2 is 1.55 bits per heavy atom. The predicted molar refractivity (Wildman–Crippen MR) is 83.1 cm³/mol. The van der Waals surface area contributed by atoms with Crippen LogP contribution in [0.5, 0.6) is 0 Å². The molecule has 122 valence electrons. The maximum atomic E-state index is 11.5. The van der Waals surface area contributed by atoms with Gasteiger partial charge in [-0.25, -0.2) is 8.42 Å². The fraction of sp³-hybridized carbons (Fsp3) is 0.625. The van der Waals surface area contributed by atoms with Crippen molar-refractivity contribution in [2.24, 2.45) is 11.8 Å². The van der Waals surface area contributed by atoms with E-state index in [0.29, 0.717) is 29.6 Å². The number of sulfone groups is 1. The lowest BCUT2D eigenvalue weighted by Crippen LogP contribution is -2.38. The molecule has 0 aromatic heterocycles. The molecule has 1 saturated heterocycles. The molecule has 1 saturated carbocycles. The molecular formula is C16H23NO4S. The van der Waals surface area contributed by atoms with E-state index >= 15 is 0 Å². The molecule has 1 aromatic carbocycles. The van der Waals surface area contributed by atoms with Gasteiger partial charge < -0.3 is 10.2 Å². The molecule has 0 radical (unpaired) electrons. The average Bonchev–Trinajstić information content (AvgIpc) is 2.80. The van der Waals surface area contributed by atoms with Crippen LogP contribution in [0.1, 0.15) is 18.4 Å². The molecule has 1 aliphatic carbocycles. The lowest BCUT2D eigenvalue weighted by Gasteiger charge is -2.32. The number of hydrogen-bond acceptors (Lipinski definition) is 5. The summed E-state index contributed by atoms with van der Waals surface area (Å²) in [5.41, 5.74) is 1.09. The molecule has 5 nitrogen and oxygen atoms in total. The number of benzene rings is 1. The van der Waals surface area contributed by atoms with Crippen molar-refractivity contribution in [2.45, 2.75) is 36.5 Å². The minimum atomic E-state index is -3.15. The topological polar surface area (TPSA) is 77.8 Å². The van der Waals surface area contributed by atoms with Crippen molar-refractivity contribution in [3.05, 3.63) is 29.8 Å². The number of fused-ring (bicyclic) bond motifs is 1. The lowest BCUT2D eigenvalue weighted by molar-refractivity contribution is -0.0372. The average molecular weight is 325 g/mol. The molecule has 0 amide bonds. The molecule has 1 heterocycles. The van der Waals surface area contributed by atoms with Crippen LogP contribution >= 0.6 is 0 Å². The highest BCUT2D eigenvalue weighted by molar-refractivity contribution is 7.90. The molecule has 0 bridgehead atoms. The zero-order valence-electron chi connectivity index (χ0n) is 12.7. The van der Waals surface area contributed by atoms with Crippen LogP contribution in [0, 0.1) is 11.8 Å². The van der Waals surface area contributed by atoms with Gasteiger partial charge in [0.2, 0.25) is 0 Å². The van der Waals surface area contributed by atoms with Gasteiger partial charge in [0.05, 0.1) is 17.1 Å². The van der Waals surface area contributed by atoms with Gasteiger partial charge in [-0.1, -0.05) is 12.1 Å². The zero-order chi connectivity index (χ0) is 15.9. The van der Waals surface area contributed by atoms with Gasteiger partial charge in [0, 0.05) is 25.9 Å². The van der Waals surface area contributed by atoms with Crippen molar-refractivity contribution in [3.8, 4) is 0 Å². The van der Waals surface area contributed by atoms with Gasteiger partial charge in [0.25, 0.3) is 0 Å².